The zero-order chi connectivity index (χ0) is 17.0. The second-order valence-corrected chi connectivity index (χ2v) is 4.86. The number of nitrogens with zero attached hydrogens (tertiary/aromatic N) is 2. The second-order valence-electron chi connectivity index (χ2n) is 4.86. The molecule has 120 valence electrons. The number of hydrogen-bond acceptors (Lipinski definition) is 6. The van der Waals surface area contributed by atoms with Crippen molar-refractivity contribution >= 4 is 23.4 Å². The molecule has 9 nitrogen and oxygen atoms in total. The lowest BCUT2D eigenvalue weighted by Gasteiger charge is -2.17. The van der Waals surface area contributed by atoms with Crippen molar-refractivity contribution in [1.82, 2.24) is 15.8 Å². The van der Waals surface area contributed by atoms with E-state index in [-0.39, 0.29) is 48.1 Å². The first kappa shape index (κ1) is 16.1. The summed E-state index contributed by atoms with van der Waals surface area (Å²) < 4.78 is 0. The van der Waals surface area contributed by atoms with Gasteiger partial charge in [0.1, 0.15) is 0 Å². The predicted octanol–water partition coefficient (Wildman–Crippen LogP) is 0.492. The minimum absolute atomic E-state index is 0.0296. The zero-order valence-electron chi connectivity index (χ0n) is 12.1. The minimum atomic E-state index is -0.564. The summed E-state index contributed by atoms with van der Waals surface area (Å²) in [5.74, 6) is -1.08. The van der Waals surface area contributed by atoms with E-state index in [1.54, 1.807) is 0 Å². The number of nitro groups is 1. The highest BCUT2D eigenvalue weighted by Crippen LogP contribution is 2.13. The standard InChI is InChI=1S/C14H14N4O5/c1-9(8-17-12(19)6-7-13(17)20)15-16-14(21)10-2-4-11(5-3-10)18(22)23/h2-5,15H,1,6-8H2,(H,16,21). The number of nitrogens with one attached hydrogen (secondary N) is 2. The molecule has 0 saturated carbocycles. The third-order valence-corrected chi connectivity index (χ3v) is 3.20. The Hall–Kier alpha value is -3.23. The van der Waals surface area contributed by atoms with Gasteiger partial charge in [0.15, 0.2) is 0 Å². The Morgan fingerprint density at radius 1 is 1.17 bits per heavy atom. The smallest absolute Gasteiger partial charge is 0.269 e. The van der Waals surface area contributed by atoms with Gasteiger partial charge in [0, 0.05) is 36.2 Å². The molecule has 0 aromatic heterocycles. The van der Waals surface area contributed by atoms with Crippen molar-refractivity contribution < 1.29 is 19.3 Å². The molecule has 1 heterocycles. The van der Waals surface area contributed by atoms with Crippen LogP contribution in [0.25, 0.3) is 0 Å². The Labute approximate surface area is 131 Å². The fraction of sp³-hybridized carbons (Fsp3) is 0.214. The van der Waals surface area contributed by atoms with Gasteiger partial charge >= 0.3 is 0 Å². The molecule has 1 saturated heterocycles. The van der Waals surface area contributed by atoms with Gasteiger partial charge in [-0.05, 0) is 12.1 Å². The molecule has 0 aliphatic carbocycles. The molecule has 3 amide bonds. The number of likely N-dealkylation sites (tertiary alicyclic amines) is 1. The fourth-order valence-corrected chi connectivity index (χ4v) is 1.98. The summed E-state index contributed by atoms with van der Waals surface area (Å²) in [5.41, 5.74) is 5.22. The van der Waals surface area contributed by atoms with Crippen LogP contribution in [0.2, 0.25) is 0 Å². The normalized spacial score (nSPS) is 13.8. The van der Waals surface area contributed by atoms with Crippen LogP contribution >= 0.6 is 0 Å². The van der Waals surface area contributed by atoms with Crippen LogP contribution in [0.5, 0.6) is 0 Å². The van der Waals surface area contributed by atoms with Crippen molar-refractivity contribution in [3.63, 3.8) is 0 Å². The maximum absolute atomic E-state index is 11.9. The lowest BCUT2D eigenvalue weighted by atomic mass is 10.2. The molecule has 23 heavy (non-hydrogen) atoms. The first-order valence-electron chi connectivity index (χ1n) is 6.70. The van der Waals surface area contributed by atoms with Gasteiger partial charge in [-0.3, -0.25) is 34.8 Å². The summed E-state index contributed by atoms with van der Waals surface area (Å²) in [7, 11) is 0. The quantitative estimate of drug-likeness (QED) is 0.447. The Bertz CT molecular complexity index is 667. The average molecular weight is 318 g/mol. The summed E-state index contributed by atoms with van der Waals surface area (Å²) in [6.07, 6.45) is 0.364. The average Bonchev–Trinajstić information content (AvgIpc) is 2.84. The molecule has 1 fully saturated rings. The van der Waals surface area contributed by atoms with E-state index in [1.165, 1.54) is 24.3 Å². The maximum atomic E-state index is 11.9. The van der Waals surface area contributed by atoms with Crippen LogP contribution in [0.4, 0.5) is 5.69 Å². The van der Waals surface area contributed by atoms with E-state index in [1.807, 2.05) is 0 Å². The maximum Gasteiger partial charge on any atom is 0.269 e. The van der Waals surface area contributed by atoms with E-state index < -0.39 is 10.8 Å². The molecule has 0 bridgehead atoms. The number of rotatable bonds is 6. The lowest BCUT2D eigenvalue weighted by Crippen LogP contribution is -2.41. The Balaban J connectivity index is 1.86. The molecule has 1 aromatic carbocycles. The second kappa shape index (κ2) is 6.69. The summed E-state index contributed by atoms with van der Waals surface area (Å²) in [5, 5.41) is 10.5. The molecule has 0 radical (unpaired) electrons. The molecule has 0 spiro atoms. The van der Waals surface area contributed by atoms with E-state index >= 15 is 0 Å². The molecule has 2 rings (SSSR count). The van der Waals surface area contributed by atoms with Gasteiger partial charge in [0.2, 0.25) is 11.8 Å². The number of hydrazine groups is 1. The number of hydrogen-bond donors (Lipinski definition) is 2. The SMILES string of the molecule is C=C(CN1C(=O)CCC1=O)NNC(=O)c1ccc([N+](=O)[O-])cc1. The number of nitro benzene ring substituents is 1. The van der Waals surface area contributed by atoms with Gasteiger partial charge in [-0.25, -0.2) is 0 Å². The zero-order valence-corrected chi connectivity index (χ0v) is 12.1. The van der Waals surface area contributed by atoms with E-state index in [4.69, 9.17) is 0 Å². The Morgan fingerprint density at radius 2 is 1.74 bits per heavy atom. The van der Waals surface area contributed by atoms with Crippen LogP contribution in [0.15, 0.2) is 36.5 Å². The highest BCUT2D eigenvalue weighted by molar-refractivity contribution is 6.02. The van der Waals surface area contributed by atoms with Crippen LogP contribution in [0.3, 0.4) is 0 Å². The summed E-state index contributed by atoms with van der Waals surface area (Å²) >= 11 is 0. The van der Waals surface area contributed by atoms with Crippen LogP contribution in [-0.2, 0) is 9.59 Å². The van der Waals surface area contributed by atoms with Gasteiger partial charge in [0.05, 0.1) is 11.5 Å². The third-order valence-electron chi connectivity index (χ3n) is 3.20. The fourth-order valence-electron chi connectivity index (χ4n) is 1.98. The molecule has 2 N–H and O–H groups in total. The number of imide groups is 1. The van der Waals surface area contributed by atoms with Gasteiger partial charge in [-0.1, -0.05) is 6.58 Å². The van der Waals surface area contributed by atoms with Crippen molar-refractivity contribution in [1.29, 1.82) is 0 Å². The van der Waals surface area contributed by atoms with Gasteiger partial charge in [0.25, 0.3) is 11.6 Å². The van der Waals surface area contributed by atoms with Crippen LogP contribution in [0, 0.1) is 10.1 Å². The first-order valence-corrected chi connectivity index (χ1v) is 6.70. The van der Waals surface area contributed by atoms with Crippen molar-refractivity contribution in [2.24, 2.45) is 0 Å². The summed E-state index contributed by atoms with van der Waals surface area (Å²) in [6, 6.07) is 5.05. The van der Waals surface area contributed by atoms with Crippen molar-refractivity contribution in [3.05, 3.63) is 52.2 Å². The molecule has 1 aliphatic rings. The number of carbonyl (C=O) groups is 3. The molecule has 9 heteroatoms. The lowest BCUT2D eigenvalue weighted by molar-refractivity contribution is -0.384. The summed E-state index contributed by atoms with van der Waals surface area (Å²) in [4.78, 5) is 45.8. The number of benzene rings is 1. The summed E-state index contributed by atoms with van der Waals surface area (Å²) in [6.45, 7) is 3.60. The third kappa shape index (κ3) is 3.90. The van der Waals surface area contributed by atoms with E-state index in [9.17, 15) is 24.5 Å². The van der Waals surface area contributed by atoms with Crippen LogP contribution in [0.1, 0.15) is 23.2 Å². The Morgan fingerprint density at radius 3 is 2.26 bits per heavy atom. The largest absolute Gasteiger partial charge is 0.301 e. The molecular formula is C14H14N4O5. The number of amides is 3. The Kier molecular flexibility index (Phi) is 4.69. The van der Waals surface area contributed by atoms with Gasteiger partial charge in [-0.2, -0.15) is 0 Å². The highest BCUT2D eigenvalue weighted by Gasteiger charge is 2.29. The minimum Gasteiger partial charge on any atom is -0.301 e. The van der Waals surface area contributed by atoms with Gasteiger partial charge in [-0.15, -0.1) is 0 Å². The van der Waals surface area contributed by atoms with Crippen LogP contribution < -0.4 is 10.9 Å². The molecule has 0 unspecified atom stereocenters. The monoisotopic (exact) mass is 318 g/mol. The molecule has 1 aliphatic heterocycles. The van der Waals surface area contributed by atoms with Crippen molar-refractivity contribution in [2.45, 2.75) is 12.8 Å². The molecule has 0 atom stereocenters. The molecular weight excluding hydrogens is 304 g/mol. The highest BCUT2D eigenvalue weighted by atomic mass is 16.6. The van der Waals surface area contributed by atoms with E-state index in [2.05, 4.69) is 17.4 Å². The number of carbonyl (C=O) groups excluding carboxylic acids is 3. The van der Waals surface area contributed by atoms with Crippen molar-refractivity contribution in [2.75, 3.05) is 6.54 Å². The van der Waals surface area contributed by atoms with E-state index in [0.29, 0.717) is 0 Å². The van der Waals surface area contributed by atoms with Crippen molar-refractivity contribution in [3.8, 4) is 0 Å². The van der Waals surface area contributed by atoms with Crippen LogP contribution in [-0.4, -0.2) is 34.1 Å². The predicted molar refractivity (Wildman–Crippen MR) is 78.8 cm³/mol. The first-order chi connectivity index (χ1) is 10.9. The molecule has 1 aromatic rings. The van der Waals surface area contributed by atoms with E-state index in [0.717, 1.165) is 4.90 Å². The van der Waals surface area contributed by atoms with Gasteiger partial charge < -0.3 is 5.43 Å². The topological polar surface area (TPSA) is 122 Å². The number of non-ortho nitro benzene ring substituents is 1.